The molecule has 0 spiro atoms. The molecule has 0 aliphatic heterocycles. The number of hydrogen-bond acceptors (Lipinski definition) is 4. The maximum atomic E-state index is 11.9. The number of carbonyl (C=O) groups excluding carboxylic acids is 1. The van der Waals surface area contributed by atoms with Crippen molar-refractivity contribution in [1.29, 1.82) is 0 Å². The first-order valence-corrected chi connectivity index (χ1v) is 8.52. The Kier molecular flexibility index (Phi) is 5.73. The first-order valence-electron chi connectivity index (χ1n) is 7.76. The van der Waals surface area contributed by atoms with Crippen molar-refractivity contribution < 1.29 is 9.53 Å². The quantitative estimate of drug-likeness (QED) is 0.638. The maximum absolute atomic E-state index is 11.9. The zero-order valence-electron chi connectivity index (χ0n) is 13.3. The van der Waals surface area contributed by atoms with Gasteiger partial charge in [0, 0.05) is 17.6 Å². The molecule has 6 nitrogen and oxygen atoms in total. The summed E-state index contributed by atoms with van der Waals surface area (Å²) in [5, 5.41) is 11.9. The lowest BCUT2D eigenvalue weighted by molar-refractivity contribution is -0.121. The lowest BCUT2D eigenvalue weighted by Crippen LogP contribution is -2.24. The van der Waals surface area contributed by atoms with E-state index in [1.807, 2.05) is 28.8 Å². The molecule has 25 heavy (non-hydrogen) atoms. The Morgan fingerprint density at radius 2 is 2.08 bits per heavy atom. The number of aromatic nitrogens is 3. The second-order valence-corrected chi connectivity index (χ2v) is 6.19. The molecule has 1 amide bonds. The molecule has 0 saturated heterocycles. The summed E-state index contributed by atoms with van der Waals surface area (Å²) < 4.78 is 7.39. The summed E-state index contributed by atoms with van der Waals surface area (Å²) in [6.07, 6.45) is 2.79. The Bertz CT molecular complexity index is 882. The SMILES string of the molecule is O=C(CCCOc1ccc(Cl)cc1Cl)NCc1nnc2ccccn12. The molecule has 3 rings (SSSR count). The molecule has 1 aromatic carbocycles. The number of hydrogen-bond donors (Lipinski definition) is 1. The minimum Gasteiger partial charge on any atom is -0.492 e. The van der Waals surface area contributed by atoms with Crippen LogP contribution in [0.2, 0.25) is 10.0 Å². The number of rotatable bonds is 7. The minimum absolute atomic E-state index is 0.0708. The van der Waals surface area contributed by atoms with Gasteiger partial charge in [0.2, 0.25) is 5.91 Å². The number of amides is 1. The van der Waals surface area contributed by atoms with Crippen molar-refractivity contribution in [2.45, 2.75) is 19.4 Å². The Balaban J connectivity index is 1.41. The summed E-state index contributed by atoms with van der Waals surface area (Å²) in [4.78, 5) is 11.9. The highest BCUT2D eigenvalue weighted by molar-refractivity contribution is 6.35. The Hall–Kier alpha value is -2.31. The number of nitrogens with zero attached hydrogens (tertiary/aromatic N) is 3. The van der Waals surface area contributed by atoms with Gasteiger partial charge in [-0.1, -0.05) is 29.3 Å². The summed E-state index contributed by atoms with van der Waals surface area (Å²) in [5.41, 5.74) is 0.750. The smallest absolute Gasteiger partial charge is 0.220 e. The van der Waals surface area contributed by atoms with Gasteiger partial charge >= 0.3 is 0 Å². The van der Waals surface area contributed by atoms with Crippen LogP contribution in [0.15, 0.2) is 42.6 Å². The number of fused-ring (bicyclic) bond motifs is 1. The molecule has 0 bridgehead atoms. The van der Waals surface area contributed by atoms with Gasteiger partial charge in [-0.3, -0.25) is 9.20 Å². The van der Waals surface area contributed by atoms with Crippen LogP contribution in [-0.2, 0) is 11.3 Å². The van der Waals surface area contributed by atoms with Gasteiger partial charge in [-0.05, 0) is 36.8 Å². The van der Waals surface area contributed by atoms with E-state index in [-0.39, 0.29) is 5.91 Å². The molecular weight excluding hydrogens is 363 g/mol. The van der Waals surface area contributed by atoms with Crippen molar-refractivity contribution >= 4 is 34.8 Å². The number of benzene rings is 1. The first-order chi connectivity index (χ1) is 12.1. The topological polar surface area (TPSA) is 68.5 Å². The molecule has 0 saturated carbocycles. The molecule has 130 valence electrons. The molecule has 3 aromatic rings. The molecule has 0 aliphatic carbocycles. The average Bonchev–Trinajstić information content (AvgIpc) is 3.01. The summed E-state index contributed by atoms with van der Waals surface area (Å²) in [7, 11) is 0. The van der Waals surface area contributed by atoms with Crippen LogP contribution in [0, 0.1) is 0 Å². The summed E-state index contributed by atoms with van der Waals surface area (Å²) >= 11 is 11.9. The van der Waals surface area contributed by atoms with Crippen LogP contribution < -0.4 is 10.1 Å². The van der Waals surface area contributed by atoms with Crippen LogP contribution in [0.1, 0.15) is 18.7 Å². The van der Waals surface area contributed by atoms with E-state index in [1.165, 1.54) is 0 Å². The van der Waals surface area contributed by atoms with E-state index in [2.05, 4.69) is 15.5 Å². The van der Waals surface area contributed by atoms with Crippen molar-refractivity contribution in [3.8, 4) is 5.75 Å². The van der Waals surface area contributed by atoms with Crippen LogP contribution in [0.4, 0.5) is 0 Å². The van der Waals surface area contributed by atoms with Crippen LogP contribution in [0.25, 0.3) is 5.65 Å². The highest BCUT2D eigenvalue weighted by Crippen LogP contribution is 2.27. The van der Waals surface area contributed by atoms with Gasteiger partial charge in [-0.25, -0.2) is 0 Å². The fourth-order valence-electron chi connectivity index (χ4n) is 2.28. The van der Waals surface area contributed by atoms with E-state index in [1.54, 1.807) is 18.2 Å². The Morgan fingerprint density at radius 3 is 2.92 bits per heavy atom. The lowest BCUT2D eigenvalue weighted by Gasteiger charge is -2.08. The Labute approximate surface area is 154 Å². The van der Waals surface area contributed by atoms with Crippen LogP contribution in [0.3, 0.4) is 0 Å². The molecule has 8 heteroatoms. The maximum Gasteiger partial charge on any atom is 0.220 e. The largest absolute Gasteiger partial charge is 0.492 e. The van der Waals surface area contributed by atoms with Gasteiger partial charge < -0.3 is 10.1 Å². The van der Waals surface area contributed by atoms with Gasteiger partial charge in [0.15, 0.2) is 11.5 Å². The zero-order valence-corrected chi connectivity index (χ0v) is 14.8. The van der Waals surface area contributed by atoms with E-state index < -0.39 is 0 Å². The molecule has 0 fully saturated rings. The van der Waals surface area contributed by atoms with Crippen LogP contribution in [-0.4, -0.2) is 27.1 Å². The van der Waals surface area contributed by atoms with E-state index in [0.717, 1.165) is 5.65 Å². The average molecular weight is 379 g/mol. The summed E-state index contributed by atoms with van der Waals surface area (Å²) in [5.74, 6) is 1.17. The van der Waals surface area contributed by atoms with E-state index >= 15 is 0 Å². The van der Waals surface area contributed by atoms with Gasteiger partial charge in [0.25, 0.3) is 0 Å². The third kappa shape index (κ3) is 4.61. The second kappa shape index (κ2) is 8.18. The van der Waals surface area contributed by atoms with E-state index in [4.69, 9.17) is 27.9 Å². The predicted octanol–water partition coefficient (Wildman–Crippen LogP) is 3.51. The number of carbonyl (C=O) groups is 1. The molecule has 0 aliphatic rings. The highest BCUT2D eigenvalue weighted by Gasteiger charge is 2.07. The van der Waals surface area contributed by atoms with Crippen molar-refractivity contribution in [2.24, 2.45) is 0 Å². The fourth-order valence-corrected chi connectivity index (χ4v) is 2.75. The van der Waals surface area contributed by atoms with Gasteiger partial charge in [-0.2, -0.15) is 0 Å². The van der Waals surface area contributed by atoms with Crippen molar-refractivity contribution in [1.82, 2.24) is 19.9 Å². The number of pyridine rings is 1. The molecule has 0 radical (unpaired) electrons. The first kappa shape index (κ1) is 17.5. The lowest BCUT2D eigenvalue weighted by atomic mass is 10.3. The monoisotopic (exact) mass is 378 g/mol. The normalized spacial score (nSPS) is 10.8. The minimum atomic E-state index is -0.0708. The molecular formula is C17H16Cl2N4O2. The number of halogens is 2. The highest BCUT2D eigenvalue weighted by atomic mass is 35.5. The van der Waals surface area contributed by atoms with E-state index in [9.17, 15) is 4.79 Å². The predicted molar refractivity (Wildman–Crippen MR) is 96.0 cm³/mol. The van der Waals surface area contributed by atoms with Crippen molar-refractivity contribution in [3.05, 3.63) is 58.5 Å². The second-order valence-electron chi connectivity index (χ2n) is 5.35. The van der Waals surface area contributed by atoms with Crippen LogP contribution in [0.5, 0.6) is 5.75 Å². The number of nitrogens with one attached hydrogen (secondary N) is 1. The van der Waals surface area contributed by atoms with Gasteiger partial charge in [0.05, 0.1) is 18.2 Å². The third-order valence-corrected chi connectivity index (χ3v) is 4.06. The summed E-state index contributed by atoms with van der Waals surface area (Å²) in [6, 6.07) is 10.7. The number of ether oxygens (including phenoxy) is 1. The molecule has 0 atom stereocenters. The van der Waals surface area contributed by atoms with Gasteiger partial charge in [-0.15, -0.1) is 10.2 Å². The standard InChI is InChI=1S/C17H16Cl2N4O2/c18-12-6-7-14(13(19)10-12)25-9-3-5-17(24)20-11-16-22-21-15-4-1-2-8-23(15)16/h1-2,4,6-8,10H,3,5,9,11H2,(H,20,24). The zero-order chi connectivity index (χ0) is 17.6. The van der Waals surface area contributed by atoms with Crippen LogP contribution >= 0.6 is 23.2 Å². The molecule has 2 heterocycles. The molecule has 2 aromatic heterocycles. The molecule has 1 N–H and O–H groups in total. The summed E-state index contributed by atoms with van der Waals surface area (Å²) in [6.45, 7) is 0.719. The Morgan fingerprint density at radius 1 is 1.20 bits per heavy atom. The fraction of sp³-hybridized carbons (Fsp3) is 0.235. The van der Waals surface area contributed by atoms with Crippen molar-refractivity contribution in [2.75, 3.05) is 6.61 Å². The third-order valence-electron chi connectivity index (χ3n) is 3.53. The van der Waals surface area contributed by atoms with E-state index in [0.29, 0.717) is 47.6 Å². The molecule has 0 unspecified atom stereocenters. The van der Waals surface area contributed by atoms with Gasteiger partial charge in [0.1, 0.15) is 5.75 Å². The van der Waals surface area contributed by atoms with Crippen molar-refractivity contribution in [3.63, 3.8) is 0 Å².